The molecular formula is C27H25N3O3S2. The summed E-state index contributed by atoms with van der Waals surface area (Å²) in [5, 5.41) is 4.83. The predicted octanol–water partition coefficient (Wildman–Crippen LogP) is 6.33. The first-order valence-corrected chi connectivity index (χ1v) is 12.4. The number of thiocarbonyl (C=S) groups is 1. The highest BCUT2D eigenvalue weighted by atomic mass is 32.2. The number of furan rings is 1. The maximum atomic E-state index is 6.40. The molecule has 0 radical (unpaired) electrons. The van der Waals surface area contributed by atoms with Crippen molar-refractivity contribution in [2.75, 3.05) is 19.1 Å². The molecule has 3 heterocycles. The standard InChI is InChI=1S/C27H25N3O3S2/c1-17-7-10-19(11-8-17)35-24-14-13-22(33-24)26-25(20-6-4-5-15-28-20)29-27(34)30(26)21-12-9-18(31-2)16-23(21)32-3/h4-16,25-26H,1-3H3,(H,29,34). The van der Waals surface area contributed by atoms with E-state index in [0.29, 0.717) is 16.6 Å². The molecule has 5 rings (SSSR count). The van der Waals surface area contributed by atoms with Gasteiger partial charge in [0.25, 0.3) is 0 Å². The number of aryl methyl sites for hydroxylation is 1. The van der Waals surface area contributed by atoms with E-state index in [-0.39, 0.29) is 12.1 Å². The molecule has 2 atom stereocenters. The van der Waals surface area contributed by atoms with Crippen molar-refractivity contribution >= 4 is 34.8 Å². The van der Waals surface area contributed by atoms with E-state index in [0.717, 1.165) is 27.1 Å². The van der Waals surface area contributed by atoms with Crippen LogP contribution < -0.4 is 19.7 Å². The number of hydrogen-bond acceptors (Lipinski definition) is 6. The maximum absolute atomic E-state index is 6.40. The van der Waals surface area contributed by atoms with E-state index in [2.05, 4.69) is 41.5 Å². The fourth-order valence-electron chi connectivity index (χ4n) is 4.16. The minimum atomic E-state index is -0.271. The van der Waals surface area contributed by atoms with Gasteiger partial charge in [-0.1, -0.05) is 35.5 Å². The number of benzene rings is 2. The summed E-state index contributed by atoms with van der Waals surface area (Å²) in [5.74, 6) is 2.14. The highest BCUT2D eigenvalue weighted by Gasteiger charge is 2.43. The fraction of sp³-hybridized carbons (Fsp3) is 0.185. The quantitative estimate of drug-likeness (QED) is 0.294. The van der Waals surface area contributed by atoms with Crippen LogP contribution in [0, 0.1) is 6.92 Å². The number of aromatic nitrogens is 1. The zero-order valence-electron chi connectivity index (χ0n) is 19.6. The summed E-state index contributed by atoms with van der Waals surface area (Å²) in [6.07, 6.45) is 1.79. The number of hydrogen-bond donors (Lipinski definition) is 1. The molecule has 2 aromatic heterocycles. The summed E-state index contributed by atoms with van der Waals surface area (Å²) in [6, 6.07) is 23.5. The number of nitrogens with zero attached hydrogens (tertiary/aromatic N) is 2. The van der Waals surface area contributed by atoms with Gasteiger partial charge in [0, 0.05) is 17.2 Å². The van der Waals surface area contributed by atoms with Crippen LogP contribution >= 0.6 is 24.0 Å². The van der Waals surface area contributed by atoms with Crippen molar-refractivity contribution in [3.05, 3.63) is 96.0 Å². The normalized spacial score (nSPS) is 17.3. The Morgan fingerprint density at radius 3 is 2.54 bits per heavy atom. The van der Waals surface area contributed by atoms with Gasteiger partial charge in [-0.3, -0.25) is 4.98 Å². The number of rotatable bonds is 7. The van der Waals surface area contributed by atoms with Crippen LogP contribution in [0.25, 0.3) is 0 Å². The molecule has 2 unspecified atom stereocenters. The van der Waals surface area contributed by atoms with Crippen LogP contribution in [0.4, 0.5) is 5.69 Å². The molecule has 1 aliphatic rings. The van der Waals surface area contributed by atoms with E-state index in [4.69, 9.17) is 26.1 Å². The Morgan fingerprint density at radius 1 is 1.00 bits per heavy atom. The second-order valence-corrected chi connectivity index (χ2v) is 9.57. The van der Waals surface area contributed by atoms with Gasteiger partial charge in [0.1, 0.15) is 23.3 Å². The lowest BCUT2D eigenvalue weighted by atomic mass is 10.0. The van der Waals surface area contributed by atoms with Gasteiger partial charge in [-0.2, -0.15) is 0 Å². The van der Waals surface area contributed by atoms with Gasteiger partial charge < -0.3 is 24.1 Å². The minimum Gasteiger partial charge on any atom is -0.497 e. The summed E-state index contributed by atoms with van der Waals surface area (Å²) in [7, 11) is 3.27. The van der Waals surface area contributed by atoms with Crippen molar-refractivity contribution in [3.8, 4) is 11.5 Å². The molecule has 178 valence electrons. The third-order valence-corrected chi connectivity index (χ3v) is 7.12. The van der Waals surface area contributed by atoms with Crippen LogP contribution in [0.5, 0.6) is 11.5 Å². The minimum absolute atomic E-state index is 0.209. The first-order chi connectivity index (χ1) is 17.1. The average Bonchev–Trinajstić information content (AvgIpc) is 3.49. The SMILES string of the molecule is COc1ccc(N2C(=S)NC(c3ccccn3)C2c2ccc(Sc3ccc(C)cc3)o2)c(OC)c1. The summed E-state index contributed by atoms with van der Waals surface area (Å²) < 4.78 is 17.5. The van der Waals surface area contributed by atoms with Crippen LogP contribution in [-0.2, 0) is 0 Å². The van der Waals surface area contributed by atoms with Crippen molar-refractivity contribution in [2.24, 2.45) is 0 Å². The largest absolute Gasteiger partial charge is 0.497 e. The third-order valence-electron chi connectivity index (χ3n) is 5.88. The van der Waals surface area contributed by atoms with E-state index in [9.17, 15) is 0 Å². The Hall–Kier alpha value is -3.49. The molecule has 0 spiro atoms. The molecule has 1 fully saturated rings. The van der Waals surface area contributed by atoms with Crippen molar-refractivity contribution in [2.45, 2.75) is 29.0 Å². The van der Waals surface area contributed by atoms with Crippen LogP contribution in [0.15, 0.2) is 93.4 Å². The van der Waals surface area contributed by atoms with Crippen molar-refractivity contribution in [1.82, 2.24) is 10.3 Å². The van der Waals surface area contributed by atoms with Gasteiger partial charge in [-0.25, -0.2) is 0 Å². The van der Waals surface area contributed by atoms with Crippen LogP contribution in [0.3, 0.4) is 0 Å². The van der Waals surface area contributed by atoms with Crippen molar-refractivity contribution in [1.29, 1.82) is 0 Å². The molecule has 0 saturated carbocycles. The Morgan fingerprint density at radius 2 is 1.83 bits per heavy atom. The Labute approximate surface area is 214 Å². The molecule has 0 amide bonds. The number of anilines is 1. The van der Waals surface area contributed by atoms with E-state index < -0.39 is 0 Å². The molecule has 1 aliphatic heterocycles. The lowest BCUT2D eigenvalue weighted by Gasteiger charge is -2.27. The highest BCUT2D eigenvalue weighted by molar-refractivity contribution is 7.99. The van der Waals surface area contributed by atoms with E-state index in [1.54, 1.807) is 32.2 Å². The van der Waals surface area contributed by atoms with E-state index in [1.807, 2.05) is 53.4 Å². The molecule has 2 aromatic carbocycles. The number of pyridine rings is 1. The zero-order valence-corrected chi connectivity index (χ0v) is 21.2. The second kappa shape index (κ2) is 10.0. The summed E-state index contributed by atoms with van der Waals surface area (Å²) in [6.45, 7) is 2.08. The second-order valence-electron chi connectivity index (χ2n) is 8.11. The number of ether oxygens (including phenoxy) is 2. The molecule has 1 N–H and O–H groups in total. The van der Waals surface area contributed by atoms with E-state index in [1.165, 1.54) is 5.56 Å². The lowest BCUT2D eigenvalue weighted by molar-refractivity contribution is 0.378. The van der Waals surface area contributed by atoms with Crippen LogP contribution in [-0.4, -0.2) is 24.3 Å². The highest BCUT2D eigenvalue weighted by Crippen LogP contribution is 2.46. The molecular weight excluding hydrogens is 478 g/mol. The molecule has 6 nitrogen and oxygen atoms in total. The number of methoxy groups -OCH3 is 2. The van der Waals surface area contributed by atoms with Crippen LogP contribution in [0.2, 0.25) is 0 Å². The fourth-order valence-corrected chi connectivity index (χ4v) is 5.28. The topological polar surface area (TPSA) is 59.8 Å². The Balaban J connectivity index is 1.55. The third kappa shape index (κ3) is 4.72. The Kier molecular flexibility index (Phi) is 6.66. The average molecular weight is 504 g/mol. The van der Waals surface area contributed by atoms with Gasteiger partial charge in [0.15, 0.2) is 10.2 Å². The zero-order chi connectivity index (χ0) is 24.4. The summed E-state index contributed by atoms with van der Waals surface area (Å²) >= 11 is 7.41. The maximum Gasteiger partial charge on any atom is 0.174 e. The van der Waals surface area contributed by atoms with Gasteiger partial charge in [-0.15, -0.1) is 0 Å². The van der Waals surface area contributed by atoms with Crippen molar-refractivity contribution in [3.63, 3.8) is 0 Å². The molecule has 8 heteroatoms. The molecule has 4 aromatic rings. The summed E-state index contributed by atoms with van der Waals surface area (Å²) in [4.78, 5) is 7.76. The van der Waals surface area contributed by atoms with Crippen LogP contribution in [0.1, 0.15) is 29.1 Å². The molecule has 0 aliphatic carbocycles. The van der Waals surface area contributed by atoms with Crippen molar-refractivity contribution < 1.29 is 13.9 Å². The predicted molar refractivity (Wildman–Crippen MR) is 141 cm³/mol. The van der Waals surface area contributed by atoms with Gasteiger partial charge in [0.2, 0.25) is 0 Å². The van der Waals surface area contributed by atoms with E-state index >= 15 is 0 Å². The smallest absolute Gasteiger partial charge is 0.174 e. The first kappa shape index (κ1) is 23.3. The number of nitrogens with one attached hydrogen (secondary N) is 1. The lowest BCUT2D eigenvalue weighted by Crippen LogP contribution is -2.29. The van der Waals surface area contributed by atoms with Gasteiger partial charge >= 0.3 is 0 Å². The molecule has 1 saturated heterocycles. The first-order valence-electron chi connectivity index (χ1n) is 11.1. The molecule has 35 heavy (non-hydrogen) atoms. The Bertz CT molecular complexity index is 1330. The summed E-state index contributed by atoms with van der Waals surface area (Å²) in [5.41, 5.74) is 2.92. The van der Waals surface area contributed by atoms with Gasteiger partial charge in [0.05, 0.1) is 31.6 Å². The van der Waals surface area contributed by atoms with Gasteiger partial charge in [-0.05, 0) is 67.7 Å². The monoisotopic (exact) mass is 503 g/mol. The molecule has 0 bridgehead atoms.